The van der Waals surface area contributed by atoms with Crippen LogP contribution in [-0.4, -0.2) is 22.7 Å². The number of carbonyl (C=O) groups is 1. The lowest BCUT2D eigenvalue weighted by Crippen LogP contribution is -2.10. The number of ketones is 1. The second-order valence-corrected chi connectivity index (χ2v) is 5.07. The smallest absolute Gasteiger partial charge is 0.171 e. The van der Waals surface area contributed by atoms with Crippen molar-refractivity contribution in [3.05, 3.63) is 41.7 Å². The highest BCUT2D eigenvalue weighted by Crippen LogP contribution is 2.25. The van der Waals surface area contributed by atoms with Crippen LogP contribution in [0.15, 0.2) is 30.5 Å². The van der Waals surface area contributed by atoms with Crippen molar-refractivity contribution in [2.75, 3.05) is 12.8 Å². The highest BCUT2D eigenvalue weighted by molar-refractivity contribution is 6.02. The van der Waals surface area contributed by atoms with E-state index in [1.165, 1.54) is 7.11 Å². The Bertz CT molecular complexity index is 634. The van der Waals surface area contributed by atoms with E-state index in [2.05, 4.69) is 18.9 Å². The molecule has 0 radical (unpaired) electrons. The van der Waals surface area contributed by atoms with Crippen molar-refractivity contribution in [1.29, 1.82) is 0 Å². The summed E-state index contributed by atoms with van der Waals surface area (Å²) < 4.78 is 7.03. The zero-order valence-corrected chi connectivity index (χ0v) is 12.7. The third-order valence-corrected chi connectivity index (χ3v) is 3.63. The van der Waals surface area contributed by atoms with Gasteiger partial charge in [0, 0.05) is 17.8 Å². The van der Waals surface area contributed by atoms with Gasteiger partial charge < -0.3 is 10.5 Å². The maximum Gasteiger partial charge on any atom is 0.171 e. The van der Waals surface area contributed by atoms with Gasteiger partial charge in [0.1, 0.15) is 5.75 Å². The average molecular weight is 287 g/mol. The number of benzene rings is 1. The van der Waals surface area contributed by atoms with Gasteiger partial charge in [0.25, 0.3) is 0 Å². The number of hydrogen-bond donors (Lipinski definition) is 1. The topological polar surface area (TPSA) is 70.1 Å². The van der Waals surface area contributed by atoms with Crippen molar-refractivity contribution in [3.63, 3.8) is 0 Å². The fraction of sp³-hybridized carbons (Fsp3) is 0.375. The molecular weight excluding hydrogens is 266 g/mol. The molecule has 0 amide bonds. The number of nitrogens with two attached hydrogens (primary N) is 1. The number of ether oxygens (including phenoxy) is 1. The van der Waals surface area contributed by atoms with Crippen LogP contribution in [0, 0.1) is 0 Å². The van der Waals surface area contributed by atoms with E-state index in [1.807, 2.05) is 16.9 Å². The Labute approximate surface area is 124 Å². The first kappa shape index (κ1) is 15.1. The average Bonchev–Trinajstić information content (AvgIpc) is 2.95. The standard InChI is InChI=1S/C16H21N3O2/c1-4-11(2)19-9-8-12(18-19)10-14(20)13-6-5-7-15(21-3)16(13)17/h5-9,11H,4,10,17H2,1-3H3. The molecule has 0 spiro atoms. The molecule has 0 saturated carbocycles. The summed E-state index contributed by atoms with van der Waals surface area (Å²) in [5, 5.41) is 4.44. The fourth-order valence-electron chi connectivity index (χ4n) is 2.13. The van der Waals surface area contributed by atoms with Gasteiger partial charge in [-0.25, -0.2) is 0 Å². The van der Waals surface area contributed by atoms with Crippen LogP contribution >= 0.6 is 0 Å². The normalized spacial score (nSPS) is 12.1. The summed E-state index contributed by atoms with van der Waals surface area (Å²) >= 11 is 0. The lowest BCUT2D eigenvalue weighted by molar-refractivity contribution is 0.0992. The molecule has 1 atom stereocenters. The van der Waals surface area contributed by atoms with E-state index >= 15 is 0 Å². The third-order valence-electron chi connectivity index (χ3n) is 3.63. The molecule has 0 aliphatic heterocycles. The molecule has 1 heterocycles. The maximum absolute atomic E-state index is 12.4. The van der Waals surface area contributed by atoms with Crippen LogP contribution in [0.5, 0.6) is 5.75 Å². The van der Waals surface area contributed by atoms with E-state index in [4.69, 9.17) is 10.5 Å². The van der Waals surface area contributed by atoms with Crippen LogP contribution in [0.3, 0.4) is 0 Å². The van der Waals surface area contributed by atoms with Crippen molar-refractivity contribution in [2.45, 2.75) is 32.7 Å². The first-order valence-electron chi connectivity index (χ1n) is 7.06. The molecule has 0 aliphatic rings. The molecule has 0 saturated heterocycles. The Morgan fingerprint density at radius 2 is 2.19 bits per heavy atom. The van der Waals surface area contributed by atoms with Crippen LogP contribution in [-0.2, 0) is 6.42 Å². The van der Waals surface area contributed by atoms with E-state index in [0.29, 0.717) is 23.0 Å². The molecule has 1 unspecified atom stereocenters. The van der Waals surface area contributed by atoms with Crippen molar-refractivity contribution in [3.8, 4) is 5.75 Å². The van der Waals surface area contributed by atoms with Crippen LogP contribution in [0.2, 0.25) is 0 Å². The number of nitrogens with zero attached hydrogens (tertiary/aromatic N) is 2. The summed E-state index contributed by atoms with van der Waals surface area (Å²) in [6, 6.07) is 7.42. The summed E-state index contributed by atoms with van der Waals surface area (Å²) in [4.78, 5) is 12.4. The number of aromatic nitrogens is 2. The molecule has 2 rings (SSSR count). The molecule has 112 valence electrons. The van der Waals surface area contributed by atoms with Crippen molar-refractivity contribution in [2.24, 2.45) is 0 Å². The number of methoxy groups -OCH3 is 1. The second-order valence-electron chi connectivity index (χ2n) is 5.07. The van der Waals surface area contributed by atoms with Gasteiger partial charge in [-0.2, -0.15) is 5.10 Å². The molecule has 5 nitrogen and oxygen atoms in total. The summed E-state index contributed by atoms with van der Waals surface area (Å²) in [7, 11) is 1.54. The third kappa shape index (κ3) is 3.24. The minimum atomic E-state index is -0.0548. The van der Waals surface area contributed by atoms with Gasteiger partial charge in [-0.1, -0.05) is 13.0 Å². The lowest BCUT2D eigenvalue weighted by Gasteiger charge is -2.09. The molecule has 2 aromatic rings. The number of anilines is 1. The van der Waals surface area contributed by atoms with Crippen LogP contribution < -0.4 is 10.5 Å². The zero-order chi connectivity index (χ0) is 15.4. The highest BCUT2D eigenvalue weighted by Gasteiger charge is 2.15. The molecule has 21 heavy (non-hydrogen) atoms. The van der Waals surface area contributed by atoms with Crippen LogP contribution in [0.1, 0.15) is 42.4 Å². The van der Waals surface area contributed by atoms with Gasteiger partial charge in [-0.05, 0) is 31.5 Å². The van der Waals surface area contributed by atoms with Crippen LogP contribution in [0.25, 0.3) is 0 Å². The maximum atomic E-state index is 12.4. The van der Waals surface area contributed by atoms with Gasteiger partial charge >= 0.3 is 0 Å². The lowest BCUT2D eigenvalue weighted by atomic mass is 10.0. The first-order chi connectivity index (χ1) is 10.1. The molecule has 0 aliphatic carbocycles. The Balaban J connectivity index is 2.17. The van der Waals surface area contributed by atoms with Gasteiger partial charge in [0.05, 0.1) is 24.9 Å². The second kappa shape index (κ2) is 6.43. The van der Waals surface area contributed by atoms with Gasteiger partial charge in [-0.3, -0.25) is 9.48 Å². The van der Waals surface area contributed by atoms with Crippen LogP contribution in [0.4, 0.5) is 5.69 Å². The Morgan fingerprint density at radius 1 is 1.43 bits per heavy atom. The summed E-state index contributed by atoms with van der Waals surface area (Å²) in [6.07, 6.45) is 3.14. The Morgan fingerprint density at radius 3 is 2.86 bits per heavy atom. The molecule has 5 heteroatoms. The monoisotopic (exact) mass is 287 g/mol. The van der Waals surface area contributed by atoms with E-state index in [1.54, 1.807) is 18.2 Å². The predicted octanol–water partition coefficient (Wildman–Crippen LogP) is 2.87. The molecule has 2 N–H and O–H groups in total. The number of rotatable bonds is 6. The predicted molar refractivity (Wildman–Crippen MR) is 82.7 cm³/mol. The van der Waals surface area contributed by atoms with E-state index in [9.17, 15) is 4.79 Å². The summed E-state index contributed by atoms with van der Waals surface area (Å²) in [5.41, 5.74) is 7.56. The molecule has 0 fully saturated rings. The summed E-state index contributed by atoms with van der Waals surface area (Å²) in [5.74, 6) is 0.465. The SMILES string of the molecule is CCC(C)n1ccc(CC(=O)c2cccc(OC)c2N)n1. The molecule has 1 aromatic carbocycles. The van der Waals surface area contributed by atoms with Crippen molar-refractivity contribution in [1.82, 2.24) is 9.78 Å². The fourth-order valence-corrected chi connectivity index (χ4v) is 2.13. The van der Waals surface area contributed by atoms with Gasteiger partial charge in [0.2, 0.25) is 0 Å². The zero-order valence-electron chi connectivity index (χ0n) is 12.7. The minimum Gasteiger partial charge on any atom is -0.495 e. The number of nitrogen functional groups attached to an aromatic ring is 1. The van der Waals surface area contributed by atoms with Crippen molar-refractivity contribution >= 4 is 11.5 Å². The molecule has 0 bridgehead atoms. The van der Waals surface area contributed by atoms with Gasteiger partial charge in [-0.15, -0.1) is 0 Å². The van der Waals surface area contributed by atoms with E-state index < -0.39 is 0 Å². The number of Topliss-reactive ketones (excluding diaryl/α,β-unsaturated/α-hetero) is 1. The minimum absolute atomic E-state index is 0.0548. The number of carbonyl (C=O) groups excluding carboxylic acids is 1. The molecule has 1 aromatic heterocycles. The number of para-hydroxylation sites is 1. The summed E-state index contributed by atoms with van der Waals surface area (Å²) in [6.45, 7) is 4.20. The Kier molecular flexibility index (Phi) is 4.62. The Hall–Kier alpha value is -2.30. The first-order valence-corrected chi connectivity index (χ1v) is 7.06. The molecular formula is C16H21N3O2. The van der Waals surface area contributed by atoms with Crippen molar-refractivity contribution < 1.29 is 9.53 Å². The van der Waals surface area contributed by atoms with E-state index in [0.717, 1.165) is 12.1 Å². The van der Waals surface area contributed by atoms with E-state index in [-0.39, 0.29) is 12.2 Å². The largest absolute Gasteiger partial charge is 0.495 e. The highest BCUT2D eigenvalue weighted by atomic mass is 16.5. The number of hydrogen-bond acceptors (Lipinski definition) is 4. The van der Waals surface area contributed by atoms with Gasteiger partial charge in [0.15, 0.2) is 5.78 Å². The quantitative estimate of drug-likeness (QED) is 0.655.